The molecular formula is C11H12N4O. The van der Waals surface area contributed by atoms with Crippen molar-refractivity contribution in [2.24, 2.45) is 0 Å². The molecule has 0 aliphatic carbocycles. The van der Waals surface area contributed by atoms with Crippen molar-refractivity contribution in [3.63, 3.8) is 0 Å². The molecule has 0 atom stereocenters. The molecule has 0 spiro atoms. The fraction of sp³-hybridized carbons (Fsp3) is 0.0909. The van der Waals surface area contributed by atoms with Crippen LogP contribution in [0.5, 0.6) is 0 Å². The van der Waals surface area contributed by atoms with Crippen molar-refractivity contribution >= 4 is 17.5 Å². The van der Waals surface area contributed by atoms with Crippen LogP contribution in [0.1, 0.15) is 5.69 Å². The highest BCUT2D eigenvalue weighted by molar-refractivity contribution is 5.99. The molecule has 16 heavy (non-hydrogen) atoms. The summed E-state index contributed by atoms with van der Waals surface area (Å²) in [5.41, 5.74) is 1.57. The molecule has 82 valence electrons. The van der Waals surface area contributed by atoms with Crippen LogP contribution in [0.25, 0.3) is 0 Å². The Morgan fingerprint density at radius 3 is 2.62 bits per heavy atom. The second-order valence-corrected chi connectivity index (χ2v) is 3.32. The molecule has 0 bridgehead atoms. The van der Waals surface area contributed by atoms with Crippen LogP contribution in [0.2, 0.25) is 0 Å². The van der Waals surface area contributed by atoms with Gasteiger partial charge in [-0.25, -0.2) is 9.78 Å². The third-order valence-corrected chi connectivity index (χ3v) is 2.09. The van der Waals surface area contributed by atoms with Crippen molar-refractivity contribution in [3.05, 3.63) is 42.4 Å². The van der Waals surface area contributed by atoms with E-state index in [9.17, 15) is 4.79 Å². The van der Waals surface area contributed by atoms with Crippen LogP contribution in [0, 0.1) is 6.92 Å². The predicted octanol–water partition coefficient (Wildman–Crippen LogP) is 2.36. The fourth-order valence-corrected chi connectivity index (χ4v) is 1.28. The quantitative estimate of drug-likeness (QED) is 0.721. The summed E-state index contributed by atoms with van der Waals surface area (Å²) in [4.78, 5) is 18.4. The van der Waals surface area contributed by atoms with Crippen LogP contribution < -0.4 is 10.6 Å². The number of hydrogen-bond donors (Lipinski definition) is 3. The Hall–Kier alpha value is -2.30. The number of rotatable bonds is 2. The van der Waals surface area contributed by atoms with Crippen molar-refractivity contribution in [3.8, 4) is 0 Å². The Labute approximate surface area is 92.9 Å². The third kappa shape index (κ3) is 2.38. The van der Waals surface area contributed by atoms with Gasteiger partial charge in [-0.3, -0.25) is 5.32 Å². The first-order valence-electron chi connectivity index (χ1n) is 4.89. The molecule has 0 unspecified atom stereocenters. The number of amides is 2. The number of anilines is 2. The van der Waals surface area contributed by atoms with E-state index in [0.29, 0.717) is 5.82 Å². The second-order valence-electron chi connectivity index (χ2n) is 3.32. The zero-order valence-electron chi connectivity index (χ0n) is 8.82. The first-order chi connectivity index (χ1) is 7.75. The summed E-state index contributed by atoms with van der Waals surface area (Å²) in [6, 6.07) is 8.93. The number of benzene rings is 1. The standard InChI is InChI=1S/C11H12N4O/c1-8-10(13-7-12-8)15-11(16)14-9-5-3-2-4-6-9/h2-7H,1H3,(H,12,13)(H2,14,15,16). The van der Waals surface area contributed by atoms with E-state index in [1.165, 1.54) is 6.33 Å². The maximum Gasteiger partial charge on any atom is 0.324 e. The molecule has 2 amide bonds. The summed E-state index contributed by atoms with van der Waals surface area (Å²) < 4.78 is 0. The first kappa shape index (κ1) is 10.2. The van der Waals surface area contributed by atoms with E-state index in [2.05, 4.69) is 20.6 Å². The Bertz CT molecular complexity index is 478. The minimum atomic E-state index is -0.304. The van der Waals surface area contributed by atoms with E-state index in [4.69, 9.17) is 0 Å². The average Bonchev–Trinajstić information content (AvgIpc) is 2.66. The van der Waals surface area contributed by atoms with Crippen LogP contribution in [0.3, 0.4) is 0 Å². The molecule has 2 aromatic rings. The maximum absolute atomic E-state index is 11.6. The summed E-state index contributed by atoms with van der Waals surface area (Å²) in [6.07, 6.45) is 1.54. The van der Waals surface area contributed by atoms with E-state index in [1.54, 1.807) is 0 Å². The molecule has 3 N–H and O–H groups in total. The zero-order valence-corrected chi connectivity index (χ0v) is 8.82. The summed E-state index contributed by atoms with van der Waals surface area (Å²) >= 11 is 0. The lowest BCUT2D eigenvalue weighted by Gasteiger charge is -2.05. The number of aryl methyl sites for hydroxylation is 1. The van der Waals surface area contributed by atoms with Crippen molar-refractivity contribution in [1.29, 1.82) is 0 Å². The molecule has 1 heterocycles. The van der Waals surface area contributed by atoms with Crippen LogP contribution in [0.15, 0.2) is 36.7 Å². The Morgan fingerprint density at radius 1 is 1.25 bits per heavy atom. The van der Waals surface area contributed by atoms with Gasteiger partial charge in [-0.2, -0.15) is 0 Å². The van der Waals surface area contributed by atoms with Gasteiger partial charge in [0.05, 0.1) is 12.0 Å². The molecular weight excluding hydrogens is 204 g/mol. The Balaban J connectivity index is 1.98. The van der Waals surface area contributed by atoms with Crippen LogP contribution in [-0.4, -0.2) is 16.0 Å². The largest absolute Gasteiger partial charge is 0.347 e. The van der Waals surface area contributed by atoms with E-state index in [1.807, 2.05) is 37.3 Å². The lowest BCUT2D eigenvalue weighted by molar-refractivity contribution is 0.262. The lowest BCUT2D eigenvalue weighted by atomic mass is 10.3. The van der Waals surface area contributed by atoms with Gasteiger partial charge in [-0.05, 0) is 19.1 Å². The van der Waals surface area contributed by atoms with Gasteiger partial charge in [0.1, 0.15) is 0 Å². The van der Waals surface area contributed by atoms with E-state index in [-0.39, 0.29) is 6.03 Å². The highest BCUT2D eigenvalue weighted by atomic mass is 16.2. The number of para-hydroxylation sites is 1. The molecule has 0 aliphatic heterocycles. The number of aromatic nitrogens is 2. The van der Waals surface area contributed by atoms with Crippen LogP contribution in [-0.2, 0) is 0 Å². The number of nitrogens with zero attached hydrogens (tertiary/aromatic N) is 1. The van der Waals surface area contributed by atoms with E-state index in [0.717, 1.165) is 11.4 Å². The molecule has 0 aliphatic rings. The number of imidazole rings is 1. The lowest BCUT2D eigenvalue weighted by Crippen LogP contribution is -2.20. The fourth-order valence-electron chi connectivity index (χ4n) is 1.28. The number of H-pyrrole nitrogens is 1. The zero-order chi connectivity index (χ0) is 11.4. The number of carbonyl (C=O) groups is 1. The smallest absolute Gasteiger partial charge is 0.324 e. The van der Waals surface area contributed by atoms with Crippen molar-refractivity contribution in [2.45, 2.75) is 6.92 Å². The molecule has 0 radical (unpaired) electrons. The third-order valence-electron chi connectivity index (χ3n) is 2.09. The topological polar surface area (TPSA) is 69.8 Å². The van der Waals surface area contributed by atoms with Gasteiger partial charge in [0.2, 0.25) is 0 Å². The highest BCUT2D eigenvalue weighted by Crippen LogP contribution is 2.09. The predicted molar refractivity (Wildman–Crippen MR) is 62.4 cm³/mol. The van der Waals surface area contributed by atoms with Crippen molar-refractivity contribution in [1.82, 2.24) is 9.97 Å². The summed E-state index contributed by atoms with van der Waals surface area (Å²) in [5.74, 6) is 0.536. The van der Waals surface area contributed by atoms with Crippen LogP contribution >= 0.6 is 0 Å². The minimum absolute atomic E-state index is 0.304. The molecule has 1 aromatic carbocycles. The summed E-state index contributed by atoms with van der Waals surface area (Å²) in [7, 11) is 0. The molecule has 0 fully saturated rings. The van der Waals surface area contributed by atoms with Gasteiger partial charge >= 0.3 is 6.03 Å². The van der Waals surface area contributed by atoms with E-state index < -0.39 is 0 Å². The molecule has 1 aromatic heterocycles. The summed E-state index contributed by atoms with van der Waals surface area (Å²) in [5, 5.41) is 5.35. The maximum atomic E-state index is 11.6. The van der Waals surface area contributed by atoms with Crippen molar-refractivity contribution in [2.75, 3.05) is 10.6 Å². The normalized spacial score (nSPS) is 9.81. The Kier molecular flexibility index (Phi) is 2.86. The first-order valence-corrected chi connectivity index (χ1v) is 4.89. The van der Waals surface area contributed by atoms with Crippen LogP contribution in [0.4, 0.5) is 16.3 Å². The van der Waals surface area contributed by atoms with Gasteiger partial charge in [-0.1, -0.05) is 18.2 Å². The second kappa shape index (κ2) is 4.48. The van der Waals surface area contributed by atoms with Gasteiger partial charge in [0.15, 0.2) is 5.82 Å². The number of urea groups is 1. The number of carbonyl (C=O) groups excluding carboxylic acids is 1. The summed E-state index contributed by atoms with van der Waals surface area (Å²) in [6.45, 7) is 1.84. The molecule has 5 heteroatoms. The van der Waals surface area contributed by atoms with Gasteiger partial charge in [0.25, 0.3) is 0 Å². The molecule has 5 nitrogen and oxygen atoms in total. The number of aromatic amines is 1. The number of hydrogen-bond acceptors (Lipinski definition) is 2. The highest BCUT2D eigenvalue weighted by Gasteiger charge is 2.05. The van der Waals surface area contributed by atoms with Gasteiger partial charge in [-0.15, -0.1) is 0 Å². The van der Waals surface area contributed by atoms with E-state index >= 15 is 0 Å². The monoisotopic (exact) mass is 216 g/mol. The average molecular weight is 216 g/mol. The SMILES string of the molecule is Cc1[nH]cnc1NC(=O)Nc1ccccc1. The Morgan fingerprint density at radius 2 is 2.00 bits per heavy atom. The minimum Gasteiger partial charge on any atom is -0.347 e. The van der Waals surface area contributed by atoms with Gasteiger partial charge in [0, 0.05) is 5.69 Å². The number of nitrogens with one attached hydrogen (secondary N) is 3. The van der Waals surface area contributed by atoms with Gasteiger partial charge < -0.3 is 10.3 Å². The molecule has 0 saturated carbocycles. The molecule has 0 saturated heterocycles. The molecule has 2 rings (SSSR count). The van der Waals surface area contributed by atoms with Crippen molar-refractivity contribution < 1.29 is 4.79 Å².